The van der Waals surface area contributed by atoms with Gasteiger partial charge in [0.25, 0.3) is 0 Å². The molecule has 1 unspecified atom stereocenters. The first-order valence-electron chi connectivity index (χ1n) is 7.77. The molecule has 1 aromatic heterocycles. The molecular formula is C16H28N2O2. The molecule has 2 rings (SSSR count). The maximum atomic E-state index is 5.92. The Hall–Kier alpha value is -0.840. The lowest BCUT2D eigenvalue weighted by molar-refractivity contribution is 0.112. The summed E-state index contributed by atoms with van der Waals surface area (Å²) in [6, 6.07) is 5.47. The van der Waals surface area contributed by atoms with Crippen molar-refractivity contribution in [1.82, 2.24) is 10.2 Å². The summed E-state index contributed by atoms with van der Waals surface area (Å²) in [4.78, 5) is 2.42. The molecule has 1 atom stereocenters. The number of methoxy groups -OCH3 is 1. The maximum absolute atomic E-state index is 5.92. The van der Waals surface area contributed by atoms with Gasteiger partial charge in [0, 0.05) is 25.7 Å². The van der Waals surface area contributed by atoms with E-state index >= 15 is 0 Å². The van der Waals surface area contributed by atoms with Crippen LogP contribution in [0.5, 0.6) is 0 Å². The van der Waals surface area contributed by atoms with Gasteiger partial charge in [-0.05, 0) is 38.3 Å². The summed E-state index contributed by atoms with van der Waals surface area (Å²) in [6.07, 6.45) is 3.76. The van der Waals surface area contributed by atoms with Crippen molar-refractivity contribution in [2.45, 2.75) is 58.3 Å². The van der Waals surface area contributed by atoms with Gasteiger partial charge in [-0.15, -0.1) is 0 Å². The zero-order valence-electron chi connectivity index (χ0n) is 13.0. The Morgan fingerprint density at radius 2 is 2.15 bits per heavy atom. The van der Waals surface area contributed by atoms with Crippen molar-refractivity contribution >= 4 is 0 Å². The van der Waals surface area contributed by atoms with Crippen molar-refractivity contribution in [3.05, 3.63) is 23.7 Å². The first-order valence-corrected chi connectivity index (χ1v) is 7.77. The molecule has 0 aliphatic heterocycles. The van der Waals surface area contributed by atoms with Crippen molar-refractivity contribution in [3.8, 4) is 0 Å². The summed E-state index contributed by atoms with van der Waals surface area (Å²) in [5, 5.41) is 3.48. The molecule has 1 aliphatic rings. The monoisotopic (exact) mass is 280 g/mol. The van der Waals surface area contributed by atoms with E-state index in [0.717, 1.165) is 50.2 Å². The molecule has 0 radical (unpaired) electrons. The highest BCUT2D eigenvalue weighted by molar-refractivity contribution is 5.07. The lowest BCUT2D eigenvalue weighted by Gasteiger charge is -2.27. The third kappa shape index (κ3) is 4.93. The van der Waals surface area contributed by atoms with Gasteiger partial charge in [-0.1, -0.05) is 6.92 Å². The minimum Gasteiger partial charge on any atom is -0.463 e. The van der Waals surface area contributed by atoms with E-state index in [0.29, 0.717) is 6.04 Å². The Kier molecular flexibility index (Phi) is 6.07. The zero-order chi connectivity index (χ0) is 14.4. The number of nitrogens with zero attached hydrogens (tertiary/aromatic N) is 1. The average Bonchev–Trinajstić information content (AvgIpc) is 3.19. The van der Waals surface area contributed by atoms with Crippen molar-refractivity contribution < 1.29 is 9.15 Å². The highest BCUT2D eigenvalue weighted by atomic mass is 16.5. The number of rotatable bonds is 10. The van der Waals surface area contributed by atoms with E-state index in [-0.39, 0.29) is 0 Å². The van der Waals surface area contributed by atoms with Crippen LogP contribution in [0.1, 0.15) is 44.6 Å². The largest absolute Gasteiger partial charge is 0.463 e. The van der Waals surface area contributed by atoms with E-state index in [1.54, 1.807) is 7.11 Å². The fraction of sp³-hybridized carbons (Fsp3) is 0.750. The molecule has 0 saturated heterocycles. The second kappa shape index (κ2) is 7.81. The number of furan rings is 1. The Bertz CT molecular complexity index is 388. The van der Waals surface area contributed by atoms with E-state index in [1.165, 1.54) is 12.8 Å². The van der Waals surface area contributed by atoms with Crippen molar-refractivity contribution in [2.24, 2.45) is 0 Å². The number of nitrogens with one attached hydrogen (secondary N) is 1. The van der Waals surface area contributed by atoms with E-state index in [2.05, 4.69) is 36.2 Å². The standard InChI is InChI=1S/C16H28N2O2/c1-4-13(2)18(9-10-19-3)12-16-8-7-15(20-16)11-17-14-5-6-14/h7-8,13-14,17H,4-6,9-12H2,1-3H3. The van der Waals surface area contributed by atoms with Gasteiger partial charge in [0.05, 0.1) is 19.7 Å². The molecule has 114 valence electrons. The van der Waals surface area contributed by atoms with Crippen LogP contribution in [0.2, 0.25) is 0 Å². The predicted octanol–water partition coefficient (Wildman–Crippen LogP) is 2.78. The Morgan fingerprint density at radius 1 is 1.40 bits per heavy atom. The molecule has 1 fully saturated rings. The number of hydrogen-bond acceptors (Lipinski definition) is 4. The van der Waals surface area contributed by atoms with Gasteiger partial charge in [-0.25, -0.2) is 0 Å². The van der Waals surface area contributed by atoms with Crippen molar-refractivity contribution in [1.29, 1.82) is 0 Å². The molecule has 4 nitrogen and oxygen atoms in total. The highest BCUT2D eigenvalue weighted by Gasteiger charge is 2.20. The van der Waals surface area contributed by atoms with Crippen molar-refractivity contribution in [2.75, 3.05) is 20.3 Å². The first kappa shape index (κ1) is 15.5. The van der Waals surface area contributed by atoms with Crippen LogP contribution in [0.15, 0.2) is 16.5 Å². The smallest absolute Gasteiger partial charge is 0.118 e. The van der Waals surface area contributed by atoms with Crippen LogP contribution >= 0.6 is 0 Å². The summed E-state index contributed by atoms with van der Waals surface area (Å²) >= 11 is 0. The van der Waals surface area contributed by atoms with Gasteiger partial charge in [0.1, 0.15) is 11.5 Å². The van der Waals surface area contributed by atoms with E-state index in [9.17, 15) is 0 Å². The second-order valence-corrected chi connectivity index (χ2v) is 5.74. The van der Waals surface area contributed by atoms with Crippen LogP contribution < -0.4 is 5.32 Å². The lowest BCUT2D eigenvalue weighted by atomic mass is 10.2. The van der Waals surface area contributed by atoms with Crippen LogP contribution in [0.3, 0.4) is 0 Å². The molecule has 0 spiro atoms. The van der Waals surface area contributed by atoms with E-state index in [1.807, 2.05) is 0 Å². The zero-order valence-corrected chi connectivity index (χ0v) is 13.0. The first-order chi connectivity index (χ1) is 9.72. The van der Waals surface area contributed by atoms with Gasteiger partial charge in [0.2, 0.25) is 0 Å². The molecule has 1 aliphatic carbocycles. The third-order valence-electron chi connectivity index (χ3n) is 4.02. The molecule has 20 heavy (non-hydrogen) atoms. The highest BCUT2D eigenvalue weighted by Crippen LogP contribution is 2.20. The summed E-state index contributed by atoms with van der Waals surface area (Å²) in [5.41, 5.74) is 0. The fourth-order valence-electron chi connectivity index (χ4n) is 2.26. The molecule has 1 aromatic rings. The van der Waals surface area contributed by atoms with Crippen LogP contribution in [0, 0.1) is 0 Å². The predicted molar refractivity (Wildman–Crippen MR) is 80.6 cm³/mol. The quantitative estimate of drug-likeness (QED) is 0.715. The fourth-order valence-corrected chi connectivity index (χ4v) is 2.26. The molecule has 1 saturated carbocycles. The second-order valence-electron chi connectivity index (χ2n) is 5.74. The normalized spacial score (nSPS) is 16.8. The summed E-state index contributed by atoms with van der Waals surface area (Å²) in [5.74, 6) is 2.09. The Morgan fingerprint density at radius 3 is 2.80 bits per heavy atom. The van der Waals surface area contributed by atoms with Gasteiger partial charge < -0.3 is 14.5 Å². The van der Waals surface area contributed by atoms with Gasteiger partial charge in [0.15, 0.2) is 0 Å². The molecule has 1 N–H and O–H groups in total. The minimum absolute atomic E-state index is 0.545. The summed E-state index contributed by atoms with van der Waals surface area (Å²) in [7, 11) is 1.75. The maximum Gasteiger partial charge on any atom is 0.118 e. The molecule has 4 heteroatoms. The van der Waals surface area contributed by atoms with Gasteiger partial charge in [-0.2, -0.15) is 0 Å². The Labute approximate surface area is 122 Å². The molecular weight excluding hydrogens is 252 g/mol. The molecule has 0 aromatic carbocycles. The van der Waals surface area contributed by atoms with E-state index < -0.39 is 0 Å². The third-order valence-corrected chi connectivity index (χ3v) is 4.02. The van der Waals surface area contributed by atoms with Gasteiger partial charge >= 0.3 is 0 Å². The van der Waals surface area contributed by atoms with Crippen LogP contribution in [0.4, 0.5) is 0 Å². The number of ether oxygens (including phenoxy) is 1. The van der Waals surface area contributed by atoms with E-state index in [4.69, 9.17) is 9.15 Å². The average molecular weight is 280 g/mol. The lowest BCUT2D eigenvalue weighted by Crippen LogP contribution is -2.34. The summed E-state index contributed by atoms with van der Waals surface area (Å²) in [6.45, 7) is 7.91. The minimum atomic E-state index is 0.545. The SMILES string of the molecule is CCC(C)N(CCOC)Cc1ccc(CNC2CC2)o1. The summed E-state index contributed by atoms with van der Waals surface area (Å²) < 4.78 is 11.1. The number of hydrogen-bond donors (Lipinski definition) is 1. The molecule has 0 bridgehead atoms. The molecule has 1 heterocycles. The van der Waals surface area contributed by atoms with Crippen LogP contribution in [-0.2, 0) is 17.8 Å². The Balaban J connectivity index is 1.84. The molecule has 0 amide bonds. The van der Waals surface area contributed by atoms with Crippen LogP contribution in [0.25, 0.3) is 0 Å². The van der Waals surface area contributed by atoms with Crippen molar-refractivity contribution in [3.63, 3.8) is 0 Å². The van der Waals surface area contributed by atoms with Gasteiger partial charge in [-0.3, -0.25) is 4.90 Å². The topological polar surface area (TPSA) is 37.6 Å². The van der Waals surface area contributed by atoms with Crippen LogP contribution in [-0.4, -0.2) is 37.2 Å².